The van der Waals surface area contributed by atoms with E-state index in [-0.39, 0.29) is 12.5 Å². The molecule has 0 fully saturated rings. The van der Waals surface area contributed by atoms with Crippen LogP contribution in [-0.4, -0.2) is 31.2 Å². The van der Waals surface area contributed by atoms with Crippen molar-refractivity contribution in [3.05, 3.63) is 29.8 Å². The van der Waals surface area contributed by atoms with Gasteiger partial charge in [-0.1, -0.05) is 26.0 Å². The number of hydrogen-bond acceptors (Lipinski definition) is 4. The van der Waals surface area contributed by atoms with Gasteiger partial charge in [0.15, 0.2) is 6.10 Å². The standard InChI is InChI=1S/C16H23NO4/c1-5-20-10-15(18)21-12(4)16(19)17-14-8-6-13(7-9-14)11(2)3/h6-9,11-12H,5,10H2,1-4H3,(H,17,19). The number of rotatable bonds is 7. The van der Waals surface area contributed by atoms with Gasteiger partial charge in [-0.25, -0.2) is 4.79 Å². The van der Waals surface area contributed by atoms with Crippen LogP contribution in [0, 0.1) is 0 Å². The van der Waals surface area contributed by atoms with E-state index in [9.17, 15) is 9.59 Å². The molecule has 0 aliphatic heterocycles. The van der Waals surface area contributed by atoms with Crippen molar-refractivity contribution < 1.29 is 19.1 Å². The fraction of sp³-hybridized carbons (Fsp3) is 0.500. The van der Waals surface area contributed by atoms with Crippen LogP contribution in [0.15, 0.2) is 24.3 Å². The van der Waals surface area contributed by atoms with Gasteiger partial charge in [0.2, 0.25) is 0 Å². The zero-order valence-electron chi connectivity index (χ0n) is 13.0. The maximum atomic E-state index is 11.9. The van der Waals surface area contributed by atoms with E-state index in [2.05, 4.69) is 19.2 Å². The molecule has 0 saturated heterocycles. The molecule has 1 aromatic rings. The van der Waals surface area contributed by atoms with Gasteiger partial charge in [0.1, 0.15) is 6.61 Å². The molecule has 5 nitrogen and oxygen atoms in total. The molecule has 0 aliphatic carbocycles. The van der Waals surface area contributed by atoms with Crippen molar-refractivity contribution in [3.8, 4) is 0 Å². The molecule has 1 rings (SSSR count). The predicted octanol–water partition coefficient (Wildman–Crippen LogP) is 2.72. The zero-order valence-corrected chi connectivity index (χ0v) is 13.0. The molecule has 1 atom stereocenters. The lowest BCUT2D eigenvalue weighted by Gasteiger charge is -2.14. The van der Waals surface area contributed by atoms with Gasteiger partial charge >= 0.3 is 5.97 Å². The molecule has 0 aromatic heterocycles. The summed E-state index contributed by atoms with van der Waals surface area (Å²) in [5, 5.41) is 2.71. The van der Waals surface area contributed by atoms with Crippen LogP contribution in [0.5, 0.6) is 0 Å². The first kappa shape index (κ1) is 17.2. The van der Waals surface area contributed by atoms with E-state index in [4.69, 9.17) is 9.47 Å². The minimum atomic E-state index is -0.859. The Bertz CT molecular complexity index is 468. The van der Waals surface area contributed by atoms with Crippen LogP contribution in [0.1, 0.15) is 39.2 Å². The number of anilines is 1. The largest absolute Gasteiger partial charge is 0.451 e. The molecule has 0 saturated carbocycles. The highest BCUT2D eigenvalue weighted by Crippen LogP contribution is 2.17. The van der Waals surface area contributed by atoms with Crippen molar-refractivity contribution in [1.29, 1.82) is 0 Å². The lowest BCUT2D eigenvalue weighted by Crippen LogP contribution is -2.31. The smallest absolute Gasteiger partial charge is 0.332 e. The molecule has 0 spiro atoms. The van der Waals surface area contributed by atoms with E-state index in [0.29, 0.717) is 18.2 Å². The van der Waals surface area contributed by atoms with Crippen molar-refractivity contribution in [3.63, 3.8) is 0 Å². The lowest BCUT2D eigenvalue weighted by atomic mass is 10.0. The van der Waals surface area contributed by atoms with Crippen LogP contribution in [-0.2, 0) is 19.1 Å². The van der Waals surface area contributed by atoms with Crippen LogP contribution in [0.3, 0.4) is 0 Å². The van der Waals surface area contributed by atoms with Crippen molar-refractivity contribution in [2.75, 3.05) is 18.5 Å². The van der Waals surface area contributed by atoms with Gasteiger partial charge < -0.3 is 14.8 Å². The Morgan fingerprint density at radius 2 is 1.76 bits per heavy atom. The van der Waals surface area contributed by atoms with Crippen LogP contribution >= 0.6 is 0 Å². The summed E-state index contributed by atoms with van der Waals surface area (Å²) in [7, 11) is 0. The number of ether oxygens (including phenoxy) is 2. The number of carbonyl (C=O) groups excluding carboxylic acids is 2. The summed E-state index contributed by atoms with van der Waals surface area (Å²) < 4.78 is 9.90. The second-order valence-corrected chi connectivity index (χ2v) is 5.04. The van der Waals surface area contributed by atoms with Gasteiger partial charge in [-0.05, 0) is 37.5 Å². The number of esters is 1. The maximum absolute atomic E-state index is 11.9. The average molecular weight is 293 g/mol. The highest BCUT2D eigenvalue weighted by molar-refractivity contribution is 5.95. The molecule has 0 bridgehead atoms. The second kappa shape index (κ2) is 8.42. The molecule has 0 heterocycles. The van der Waals surface area contributed by atoms with E-state index in [1.165, 1.54) is 12.5 Å². The molecule has 21 heavy (non-hydrogen) atoms. The van der Waals surface area contributed by atoms with Gasteiger partial charge in [0.25, 0.3) is 5.91 Å². The first-order valence-electron chi connectivity index (χ1n) is 7.12. The van der Waals surface area contributed by atoms with Crippen molar-refractivity contribution in [1.82, 2.24) is 0 Å². The van der Waals surface area contributed by atoms with Crippen LogP contribution in [0.4, 0.5) is 5.69 Å². The van der Waals surface area contributed by atoms with Gasteiger partial charge in [-0.15, -0.1) is 0 Å². The fourth-order valence-corrected chi connectivity index (χ4v) is 1.67. The topological polar surface area (TPSA) is 64.6 Å². The number of carbonyl (C=O) groups is 2. The molecule has 1 aromatic carbocycles. The second-order valence-electron chi connectivity index (χ2n) is 5.04. The first-order valence-corrected chi connectivity index (χ1v) is 7.12. The van der Waals surface area contributed by atoms with Crippen molar-refractivity contribution in [2.24, 2.45) is 0 Å². The third-order valence-electron chi connectivity index (χ3n) is 2.95. The fourth-order valence-electron chi connectivity index (χ4n) is 1.67. The van der Waals surface area contributed by atoms with Crippen LogP contribution < -0.4 is 5.32 Å². The van der Waals surface area contributed by atoms with E-state index >= 15 is 0 Å². The predicted molar refractivity (Wildman–Crippen MR) is 81.2 cm³/mol. The summed E-state index contributed by atoms with van der Waals surface area (Å²) in [6, 6.07) is 7.60. The monoisotopic (exact) mass is 293 g/mol. The summed E-state index contributed by atoms with van der Waals surface area (Å²) in [6.07, 6.45) is -0.859. The Hall–Kier alpha value is -1.88. The molecule has 0 aliphatic rings. The van der Waals surface area contributed by atoms with Gasteiger partial charge in [-0.2, -0.15) is 0 Å². The van der Waals surface area contributed by atoms with E-state index in [1.54, 1.807) is 6.92 Å². The Labute approximate surface area is 125 Å². The lowest BCUT2D eigenvalue weighted by molar-refractivity contribution is -0.157. The normalized spacial score (nSPS) is 12.0. The van der Waals surface area contributed by atoms with Crippen LogP contribution in [0.25, 0.3) is 0 Å². The highest BCUT2D eigenvalue weighted by atomic mass is 16.6. The summed E-state index contributed by atoms with van der Waals surface area (Å²) in [5.41, 5.74) is 1.88. The molecule has 1 unspecified atom stereocenters. The van der Waals surface area contributed by atoms with Crippen molar-refractivity contribution >= 4 is 17.6 Å². The van der Waals surface area contributed by atoms with Gasteiger partial charge in [-0.3, -0.25) is 4.79 Å². The minimum Gasteiger partial charge on any atom is -0.451 e. The number of amides is 1. The van der Waals surface area contributed by atoms with Crippen LogP contribution in [0.2, 0.25) is 0 Å². The van der Waals surface area contributed by atoms with E-state index < -0.39 is 12.1 Å². The molecular weight excluding hydrogens is 270 g/mol. The third-order valence-corrected chi connectivity index (χ3v) is 2.95. The molecule has 5 heteroatoms. The average Bonchev–Trinajstić information content (AvgIpc) is 2.45. The van der Waals surface area contributed by atoms with Gasteiger partial charge in [0, 0.05) is 12.3 Å². The number of benzene rings is 1. The molecule has 1 N–H and O–H groups in total. The molecular formula is C16H23NO4. The third kappa shape index (κ3) is 5.95. The molecule has 0 radical (unpaired) electrons. The Kier molecular flexibility index (Phi) is 6.88. The quantitative estimate of drug-likeness (QED) is 0.785. The highest BCUT2D eigenvalue weighted by Gasteiger charge is 2.17. The van der Waals surface area contributed by atoms with Gasteiger partial charge in [0.05, 0.1) is 0 Å². The summed E-state index contributed by atoms with van der Waals surface area (Å²) >= 11 is 0. The van der Waals surface area contributed by atoms with Crippen molar-refractivity contribution in [2.45, 2.75) is 39.7 Å². The zero-order chi connectivity index (χ0) is 15.8. The SMILES string of the molecule is CCOCC(=O)OC(C)C(=O)Nc1ccc(C(C)C)cc1. The maximum Gasteiger partial charge on any atom is 0.332 e. The Balaban J connectivity index is 2.50. The van der Waals surface area contributed by atoms with E-state index in [0.717, 1.165) is 0 Å². The summed E-state index contributed by atoms with van der Waals surface area (Å²) in [6.45, 7) is 7.81. The Morgan fingerprint density at radius 3 is 2.29 bits per heavy atom. The molecule has 116 valence electrons. The summed E-state index contributed by atoms with van der Waals surface area (Å²) in [5.74, 6) is -0.472. The first-order chi connectivity index (χ1) is 9.93. The van der Waals surface area contributed by atoms with E-state index in [1.807, 2.05) is 24.3 Å². The summed E-state index contributed by atoms with van der Waals surface area (Å²) in [4.78, 5) is 23.3. The number of nitrogens with one attached hydrogen (secondary N) is 1. The Morgan fingerprint density at radius 1 is 1.14 bits per heavy atom. The minimum absolute atomic E-state index is 0.142. The number of hydrogen-bond donors (Lipinski definition) is 1. The molecule has 1 amide bonds.